The fraction of sp³-hybridized carbons (Fsp3) is 0.188. The Bertz CT molecular complexity index is 793. The zero-order valence-corrected chi connectivity index (χ0v) is 11.2. The topological polar surface area (TPSA) is 82.7 Å². The number of hydrogen-bond donors (Lipinski definition) is 3. The van der Waals surface area contributed by atoms with Crippen LogP contribution in [0.25, 0.3) is 21.9 Å². The van der Waals surface area contributed by atoms with Crippen LogP contribution in [0.15, 0.2) is 46.9 Å². The van der Waals surface area contributed by atoms with Gasteiger partial charge < -0.3 is 14.7 Å². The van der Waals surface area contributed by atoms with Gasteiger partial charge in [-0.2, -0.15) is 5.48 Å². The molecule has 0 amide bonds. The SMILES string of the molecule is O=C(O)CCC(NO)c1ccc2oc3ccccc3c2c1. The Balaban J connectivity index is 2.02. The van der Waals surface area contributed by atoms with Crippen molar-refractivity contribution in [3.8, 4) is 0 Å². The highest BCUT2D eigenvalue weighted by atomic mass is 16.5. The molecule has 0 bridgehead atoms. The summed E-state index contributed by atoms with van der Waals surface area (Å²) in [6.07, 6.45) is 0.301. The van der Waals surface area contributed by atoms with Gasteiger partial charge in [0.25, 0.3) is 0 Å². The van der Waals surface area contributed by atoms with E-state index in [0.717, 1.165) is 27.5 Å². The third-order valence-corrected chi connectivity index (χ3v) is 3.61. The van der Waals surface area contributed by atoms with E-state index >= 15 is 0 Å². The first kappa shape index (κ1) is 13.6. The van der Waals surface area contributed by atoms with Crippen LogP contribution < -0.4 is 5.48 Å². The molecule has 1 heterocycles. The summed E-state index contributed by atoms with van der Waals surface area (Å²) in [6.45, 7) is 0. The lowest BCUT2D eigenvalue weighted by Crippen LogP contribution is -2.18. The highest BCUT2D eigenvalue weighted by Gasteiger charge is 2.14. The van der Waals surface area contributed by atoms with Crippen LogP contribution in [-0.2, 0) is 4.79 Å². The Labute approximate surface area is 120 Å². The number of benzene rings is 2. The van der Waals surface area contributed by atoms with Gasteiger partial charge in [0.15, 0.2) is 0 Å². The van der Waals surface area contributed by atoms with Crippen LogP contribution >= 0.6 is 0 Å². The van der Waals surface area contributed by atoms with Crippen LogP contribution in [0, 0.1) is 0 Å². The van der Waals surface area contributed by atoms with Crippen LogP contribution in [0.3, 0.4) is 0 Å². The zero-order chi connectivity index (χ0) is 14.8. The molecule has 2 aromatic carbocycles. The van der Waals surface area contributed by atoms with E-state index in [0.29, 0.717) is 6.42 Å². The van der Waals surface area contributed by atoms with E-state index in [1.54, 1.807) is 0 Å². The lowest BCUT2D eigenvalue weighted by molar-refractivity contribution is -0.137. The number of nitrogens with one attached hydrogen (secondary N) is 1. The van der Waals surface area contributed by atoms with Crippen molar-refractivity contribution in [3.63, 3.8) is 0 Å². The van der Waals surface area contributed by atoms with Gasteiger partial charge in [-0.25, -0.2) is 0 Å². The largest absolute Gasteiger partial charge is 0.481 e. The summed E-state index contributed by atoms with van der Waals surface area (Å²) in [4.78, 5) is 10.7. The van der Waals surface area contributed by atoms with Crippen molar-refractivity contribution in [3.05, 3.63) is 48.0 Å². The molecule has 21 heavy (non-hydrogen) atoms. The van der Waals surface area contributed by atoms with E-state index in [9.17, 15) is 10.0 Å². The number of carboxylic acids is 1. The van der Waals surface area contributed by atoms with E-state index in [-0.39, 0.29) is 6.42 Å². The molecule has 1 unspecified atom stereocenters. The highest BCUT2D eigenvalue weighted by molar-refractivity contribution is 6.05. The molecular formula is C16H15NO4. The molecule has 108 valence electrons. The standard InChI is InChI=1S/C16H15NO4/c18-16(19)8-6-13(17-20)10-5-7-15-12(9-10)11-3-1-2-4-14(11)21-15/h1-5,7,9,13,17,20H,6,8H2,(H,18,19). The Morgan fingerprint density at radius 3 is 2.67 bits per heavy atom. The number of hydroxylamine groups is 1. The van der Waals surface area contributed by atoms with Crippen LogP contribution in [0.4, 0.5) is 0 Å². The Morgan fingerprint density at radius 1 is 1.14 bits per heavy atom. The number of fused-ring (bicyclic) bond motifs is 3. The average Bonchev–Trinajstić information content (AvgIpc) is 2.85. The van der Waals surface area contributed by atoms with E-state index in [1.165, 1.54) is 0 Å². The zero-order valence-electron chi connectivity index (χ0n) is 11.2. The van der Waals surface area contributed by atoms with Crippen LogP contribution in [0.1, 0.15) is 24.4 Å². The Morgan fingerprint density at radius 2 is 1.90 bits per heavy atom. The smallest absolute Gasteiger partial charge is 0.303 e. The van der Waals surface area contributed by atoms with Crippen LogP contribution in [0.5, 0.6) is 0 Å². The van der Waals surface area contributed by atoms with Crippen molar-refractivity contribution in [2.24, 2.45) is 0 Å². The first-order valence-electron chi connectivity index (χ1n) is 6.71. The molecule has 5 heteroatoms. The first-order valence-corrected chi connectivity index (χ1v) is 6.71. The van der Waals surface area contributed by atoms with Gasteiger partial charge in [-0.3, -0.25) is 4.79 Å². The van der Waals surface area contributed by atoms with Crippen molar-refractivity contribution in [2.45, 2.75) is 18.9 Å². The second-order valence-corrected chi connectivity index (χ2v) is 4.97. The number of carbonyl (C=O) groups is 1. The molecule has 0 saturated heterocycles. The summed E-state index contributed by atoms with van der Waals surface area (Å²) in [5, 5.41) is 20.0. The molecule has 0 saturated carbocycles. The molecule has 0 aliphatic heterocycles. The summed E-state index contributed by atoms with van der Waals surface area (Å²) in [5.74, 6) is -0.884. The average molecular weight is 285 g/mol. The van der Waals surface area contributed by atoms with Gasteiger partial charge in [0.2, 0.25) is 0 Å². The number of aliphatic carboxylic acids is 1. The first-order chi connectivity index (χ1) is 10.2. The summed E-state index contributed by atoms with van der Waals surface area (Å²) in [6, 6.07) is 12.9. The normalized spacial score (nSPS) is 12.8. The Hall–Kier alpha value is -2.37. The summed E-state index contributed by atoms with van der Waals surface area (Å²) < 4.78 is 5.74. The minimum atomic E-state index is -0.884. The van der Waals surface area contributed by atoms with Gasteiger partial charge in [0.1, 0.15) is 11.2 Å². The van der Waals surface area contributed by atoms with Crippen molar-refractivity contribution in [1.82, 2.24) is 5.48 Å². The van der Waals surface area contributed by atoms with Gasteiger partial charge in [-0.1, -0.05) is 24.3 Å². The number of rotatable bonds is 5. The third-order valence-electron chi connectivity index (χ3n) is 3.61. The number of furan rings is 1. The lowest BCUT2D eigenvalue weighted by atomic mass is 10.0. The van der Waals surface area contributed by atoms with Crippen molar-refractivity contribution in [2.75, 3.05) is 0 Å². The fourth-order valence-electron chi connectivity index (χ4n) is 2.53. The maximum absolute atomic E-state index is 10.7. The number of hydrogen-bond acceptors (Lipinski definition) is 4. The number of para-hydroxylation sites is 1. The van der Waals surface area contributed by atoms with Crippen LogP contribution in [-0.4, -0.2) is 16.3 Å². The van der Waals surface area contributed by atoms with E-state index in [1.807, 2.05) is 42.5 Å². The third kappa shape index (κ3) is 2.61. The molecule has 0 radical (unpaired) electrons. The van der Waals surface area contributed by atoms with Crippen molar-refractivity contribution < 1.29 is 19.5 Å². The van der Waals surface area contributed by atoms with E-state index in [4.69, 9.17) is 9.52 Å². The fourth-order valence-corrected chi connectivity index (χ4v) is 2.53. The second-order valence-electron chi connectivity index (χ2n) is 4.97. The van der Waals surface area contributed by atoms with E-state index < -0.39 is 12.0 Å². The molecule has 3 N–H and O–H groups in total. The molecule has 3 aromatic rings. The monoisotopic (exact) mass is 285 g/mol. The molecule has 1 atom stereocenters. The maximum atomic E-state index is 10.7. The molecule has 0 aliphatic rings. The van der Waals surface area contributed by atoms with Gasteiger partial charge in [0.05, 0.1) is 6.04 Å². The molecule has 0 spiro atoms. The van der Waals surface area contributed by atoms with Gasteiger partial charge in [-0.15, -0.1) is 0 Å². The van der Waals surface area contributed by atoms with Gasteiger partial charge in [0, 0.05) is 17.2 Å². The van der Waals surface area contributed by atoms with Gasteiger partial charge in [-0.05, 0) is 30.2 Å². The molecule has 5 nitrogen and oxygen atoms in total. The minimum absolute atomic E-state index is 0.0115. The molecule has 3 rings (SSSR count). The quantitative estimate of drug-likeness (QED) is 0.625. The predicted octanol–water partition coefficient (Wildman–Crippen LogP) is 3.47. The van der Waals surface area contributed by atoms with Gasteiger partial charge >= 0.3 is 5.97 Å². The number of carboxylic acid groups (broad SMARTS) is 1. The molecule has 0 fully saturated rings. The molecule has 1 aromatic heterocycles. The summed E-state index contributed by atoms with van der Waals surface area (Å²) in [5.41, 5.74) is 4.60. The van der Waals surface area contributed by atoms with Crippen molar-refractivity contribution >= 4 is 27.9 Å². The second kappa shape index (κ2) is 5.55. The summed E-state index contributed by atoms with van der Waals surface area (Å²) in [7, 11) is 0. The molecular weight excluding hydrogens is 270 g/mol. The maximum Gasteiger partial charge on any atom is 0.303 e. The lowest BCUT2D eigenvalue weighted by Gasteiger charge is -2.14. The molecule has 0 aliphatic carbocycles. The minimum Gasteiger partial charge on any atom is -0.481 e. The van der Waals surface area contributed by atoms with Crippen molar-refractivity contribution in [1.29, 1.82) is 0 Å². The van der Waals surface area contributed by atoms with E-state index in [2.05, 4.69) is 5.48 Å². The Kier molecular flexibility index (Phi) is 3.60. The summed E-state index contributed by atoms with van der Waals surface area (Å²) >= 11 is 0. The van der Waals surface area contributed by atoms with Crippen LogP contribution in [0.2, 0.25) is 0 Å². The predicted molar refractivity (Wildman–Crippen MR) is 78.3 cm³/mol. The highest BCUT2D eigenvalue weighted by Crippen LogP contribution is 2.31.